The van der Waals surface area contributed by atoms with Crippen LogP contribution in [0.1, 0.15) is 33.4 Å². The summed E-state index contributed by atoms with van der Waals surface area (Å²) < 4.78 is 0. The Hall–Kier alpha value is -1.09. The van der Waals surface area contributed by atoms with Gasteiger partial charge in [-0.05, 0) is 24.5 Å². The molecule has 0 aliphatic carbocycles. The van der Waals surface area contributed by atoms with Crippen molar-refractivity contribution in [2.75, 3.05) is 7.05 Å². The molecule has 0 fully saturated rings. The fourth-order valence-electron chi connectivity index (χ4n) is 2.18. The molecule has 1 rings (SSSR count). The number of carbonyl (C=O) groups excluding carboxylic acids is 1. The third-order valence-corrected chi connectivity index (χ3v) is 3.47. The number of carbonyl (C=O) groups is 1. The first-order valence-electron chi connectivity index (χ1n) is 6.54. The molecule has 0 aliphatic rings. The van der Waals surface area contributed by atoms with Gasteiger partial charge in [0.1, 0.15) is 5.38 Å². The molecule has 1 aromatic heterocycles. The number of halogens is 1. The van der Waals surface area contributed by atoms with Gasteiger partial charge in [-0.1, -0.05) is 26.8 Å². The van der Waals surface area contributed by atoms with Crippen LogP contribution in [0.2, 0.25) is 0 Å². The summed E-state index contributed by atoms with van der Waals surface area (Å²) >= 11 is 5.91. The summed E-state index contributed by atoms with van der Waals surface area (Å²) in [6.45, 7) is 8.09. The maximum atomic E-state index is 12.1. The van der Waals surface area contributed by atoms with Crippen LogP contribution in [0.15, 0.2) is 24.4 Å². The van der Waals surface area contributed by atoms with Crippen LogP contribution < -0.4 is 0 Å². The second-order valence-corrected chi connectivity index (χ2v) is 6.63. The van der Waals surface area contributed by atoms with Gasteiger partial charge in [-0.15, -0.1) is 11.6 Å². The molecule has 1 heterocycles. The summed E-state index contributed by atoms with van der Waals surface area (Å²) in [5.74, 6) is -0.0440. The molecule has 0 aliphatic heterocycles. The third-order valence-electron chi connectivity index (χ3n) is 3.28. The van der Waals surface area contributed by atoms with E-state index in [1.807, 2.05) is 25.2 Å². The van der Waals surface area contributed by atoms with E-state index < -0.39 is 5.38 Å². The van der Waals surface area contributed by atoms with E-state index in [1.54, 1.807) is 18.0 Å². The molecule has 0 bridgehead atoms. The molecule has 0 saturated heterocycles. The highest BCUT2D eigenvalue weighted by molar-refractivity contribution is 6.30. The number of hydrogen-bond donors (Lipinski definition) is 0. The number of pyridine rings is 1. The van der Waals surface area contributed by atoms with Crippen LogP contribution in [-0.4, -0.2) is 34.3 Å². The van der Waals surface area contributed by atoms with Crippen molar-refractivity contribution in [2.45, 2.75) is 45.5 Å². The van der Waals surface area contributed by atoms with E-state index in [1.165, 1.54) is 0 Å². The van der Waals surface area contributed by atoms with E-state index in [9.17, 15) is 4.79 Å². The fraction of sp³-hybridized carbons (Fsp3) is 0.600. The van der Waals surface area contributed by atoms with Gasteiger partial charge in [0.2, 0.25) is 5.91 Å². The highest BCUT2D eigenvalue weighted by atomic mass is 35.5. The van der Waals surface area contributed by atoms with E-state index >= 15 is 0 Å². The molecule has 2 atom stereocenters. The molecule has 19 heavy (non-hydrogen) atoms. The van der Waals surface area contributed by atoms with Crippen LogP contribution in [0.5, 0.6) is 0 Å². The SMILES string of the molecule is CC(Cl)C(=O)N(C)C(Cc1ccccn1)C(C)(C)C. The Bertz CT molecular complexity index is 412. The van der Waals surface area contributed by atoms with Crippen LogP contribution >= 0.6 is 11.6 Å². The molecule has 0 radical (unpaired) electrons. The van der Waals surface area contributed by atoms with Crippen molar-refractivity contribution >= 4 is 17.5 Å². The zero-order valence-corrected chi connectivity index (χ0v) is 13.1. The van der Waals surface area contributed by atoms with Crippen molar-refractivity contribution in [3.8, 4) is 0 Å². The predicted molar refractivity (Wildman–Crippen MR) is 79.3 cm³/mol. The fourth-order valence-corrected chi connectivity index (χ4v) is 2.33. The first kappa shape index (κ1) is 16.0. The van der Waals surface area contributed by atoms with Gasteiger partial charge in [0.05, 0.1) is 0 Å². The van der Waals surface area contributed by atoms with Crippen LogP contribution in [0.4, 0.5) is 0 Å². The summed E-state index contributed by atoms with van der Waals surface area (Å²) in [5, 5.41) is -0.501. The Morgan fingerprint density at radius 3 is 2.47 bits per heavy atom. The number of rotatable bonds is 4. The smallest absolute Gasteiger partial charge is 0.240 e. The highest BCUT2D eigenvalue weighted by Gasteiger charge is 2.32. The average Bonchev–Trinajstić information content (AvgIpc) is 2.34. The van der Waals surface area contributed by atoms with Gasteiger partial charge in [0, 0.05) is 31.4 Å². The number of aromatic nitrogens is 1. The third kappa shape index (κ3) is 4.50. The molecular formula is C15H23ClN2O. The molecule has 0 N–H and O–H groups in total. The first-order chi connectivity index (χ1) is 8.73. The van der Waals surface area contributed by atoms with Crippen LogP contribution in [0, 0.1) is 5.41 Å². The minimum Gasteiger partial charge on any atom is -0.341 e. The average molecular weight is 283 g/mol. The van der Waals surface area contributed by atoms with Crippen molar-refractivity contribution in [3.63, 3.8) is 0 Å². The van der Waals surface area contributed by atoms with Gasteiger partial charge < -0.3 is 4.90 Å². The Morgan fingerprint density at radius 1 is 1.42 bits per heavy atom. The van der Waals surface area contributed by atoms with Crippen molar-refractivity contribution in [1.29, 1.82) is 0 Å². The number of nitrogens with zero attached hydrogens (tertiary/aromatic N) is 2. The van der Waals surface area contributed by atoms with E-state index in [0.29, 0.717) is 0 Å². The molecule has 106 valence electrons. The number of hydrogen-bond acceptors (Lipinski definition) is 2. The van der Waals surface area contributed by atoms with Crippen molar-refractivity contribution in [1.82, 2.24) is 9.88 Å². The summed E-state index contributed by atoms with van der Waals surface area (Å²) in [6, 6.07) is 5.91. The zero-order chi connectivity index (χ0) is 14.6. The molecule has 3 nitrogen and oxygen atoms in total. The highest BCUT2D eigenvalue weighted by Crippen LogP contribution is 2.27. The zero-order valence-electron chi connectivity index (χ0n) is 12.4. The second kappa shape index (κ2) is 6.38. The minimum atomic E-state index is -0.501. The van der Waals surface area contributed by atoms with Gasteiger partial charge in [0.25, 0.3) is 0 Å². The lowest BCUT2D eigenvalue weighted by atomic mass is 9.83. The van der Waals surface area contributed by atoms with Crippen LogP contribution in [-0.2, 0) is 11.2 Å². The van der Waals surface area contributed by atoms with E-state index in [0.717, 1.165) is 12.1 Å². The predicted octanol–water partition coefficient (Wildman–Crippen LogP) is 3.12. The van der Waals surface area contributed by atoms with Crippen LogP contribution in [0.25, 0.3) is 0 Å². The van der Waals surface area contributed by atoms with Gasteiger partial charge in [-0.25, -0.2) is 0 Å². The maximum Gasteiger partial charge on any atom is 0.240 e. The molecule has 2 unspecified atom stereocenters. The molecule has 4 heteroatoms. The summed E-state index contributed by atoms with van der Waals surface area (Å²) in [4.78, 5) is 18.2. The molecule has 0 spiro atoms. The summed E-state index contributed by atoms with van der Waals surface area (Å²) in [6.07, 6.45) is 2.51. The van der Waals surface area contributed by atoms with Crippen LogP contribution in [0.3, 0.4) is 0 Å². The van der Waals surface area contributed by atoms with Gasteiger partial charge >= 0.3 is 0 Å². The molecule has 1 aromatic rings. The van der Waals surface area contributed by atoms with Crippen molar-refractivity contribution in [3.05, 3.63) is 30.1 Å². The quantitative estimate of drug-likeness (QED) is 0.795. The lowest BCUT2D eigenvalue weighted by Crippen LogP contribution is -2.48. The standard InChI is InChI=1S/C15H23ClN2O/c1-11(16)14(19)18(5)13(15(2,3)4)10-12-8-6-7-9-17-12/h6-9,11,13H,10H2,1-5H3. The Kier molecular flexibility index (Phi) is 5.36. The largest absolute Gasteiger partial charge is 0.341 e. The molecule has 0 aromatic carbocycles. The Balaban J connectivity index is 2.94. The van der Waals surface area contributed by atoms with Crippen molar-refractivity contribution in [2.24, 2.45) is 5.41 Å². The monoisotopic (exact) mass is 282 g/mol. The molecule has 0 saturated carbocycles. The second-order valence-electron chi connectivity index (χ2n) is 5.97. The van der Waals surface area contributed by atoms with E-state index in [-0.39, 0.29) is 17.4 Å². The Labute approximate surface area is 121 Å². The van der Waals surface area contributed by atoms with E-state index in [2.05, 4.69) is 25.8 Å². The normalized spacial score (nSPS) is 14.8. The van der Waals surface area contributed by atoms with Gasteiger partial charge in [-0.2, -0.15) is 0 Å². The summed E-state index contributed by atoms with van der Waals surface area (Å²) in [5.41, 5.74) is 0.956. The van der Waals surface area contributed by atoms with Gasteiger partial charge in [0.15, 0.2) is 0 Å². The molecular weight excluding hydrogens is 260 g/mol. The maximum absolute atomic E-state index is 12.1. The topological polar surface area (TPSA) is 33.2 Å². The van der Waals surface area contributed by atoms with E-state index in [4.69, 9.17) is 11.6 Å². The summed E-state index contributed by atoms with van der Waals surface area (Å²) in [7, 11) is 1.82. The lowest BCUT2D eigenvalue weighted by Gasteiger charge is -2.38. The number of likely N-dealkylation sites (N-methyl/N-ethyl adjacent to an activating group) is 1. The number of alkyl halides is 1. The minimum absolute atomic E-state index is 0.0340. The van der Waals surface area contributed by atoms with Gasteiger partial charge in [-0.3, -0.25) is 9.78 Å². The lowest BCUT2D eigenvalue weighted by molar-refractivity contribution is -0.133. The Morgan fingerprint density at radius 2 is 2.05 bits per heavy atom. The first-order valence-corrected chi connectivity index (χ1v) is 6.97. The number of amides is 1. The molecule has 1 amide bonds. The van der Waals surface area contributed by atoms with Crippen molar-refractivity contribution < 1.29 is 4.79 Å².